The van der Waals surface area contributed by atoms with Crippen LogP contribution in [0.3, 0.4) is 0 Å². The van der Waals surface area contributed by atoms with Crippen molar-refractivity contribution in [2.24, 2.45) is 5.92 Å². The molecule has 0 bridgehead atoms. The van der Waals surface area contributed by atoms with E-state index in [1.54, 1.807) is 25.3 Å². The second kappa shape index (κ2) is 12.2. The van der Waals surface area contributed by atoms with E-state index in [4.69, 9.17) is 14.2 Å². The average Bonchev–Trinajstić information content (AvgIpc) is 3.00. The molecule has 4 N–H and O–H groups in total. The van der Waals surface area contributed by atoms with Crippen molar-refractivity contribution in [2.45, 2.75) is 44.9 Å². The molecular formula is C35H36O8. The molecule has 4 aromatic carbocycles. The van der Waals surface area contributed by atoms with Crippen LogP contribution in [0.2, 0.25) is 0 Å². The highest BCUT2D eigenvalue weighted by Gasteiger charge is 2.36. The normalized spacial score (nSPS) is 15.0. The number of phenols is 4. The van der Waals surface area contributed by atoms with Gasteiger partial charge in [-0.15, -0.1) is 0 Å². The molecule has 3 atom stereocenters. The first kappa shape index (κ1) is 29.6. The largest absolute Gasteiger partial charge is 0.508 e. The zero-order chi connectivity index (χ0) is 30.8. The molecule has 0 fully saturated rings. The molecule has 1 aliphatic rings. The molecule has 43 heavy (non-hydrogen) atoms. The molecule has 0 saturated heterocycles. The van der Waals surface area contributed by atoms with Gasteiger partial charge in [-0.05, 0) is 66.1 Å². The number of ketones is 1. The van der Waals surface area contributed by atoms with Crippen molar-refractivity contribution < 1.29 is 39.4 Å². The Morgan fingerprint density at radius 1 is 0.860 bits per heavy atom. The average molecular weight is 585 g/mol. The molecule has 8 heteroatoms. The van der Waals surface area contributed by atoms with Crippen molar-refractivity contribution in [3.8, 4) is 46.0 Å². The molecule has 0 aliphatic carbocycles. The molecule has 8 nitrogen and oxygen atoms in total. The molecule has 224 valence electrons. The second-order valence-electron chi connectivity index (χ2n) is 11.1. The summed E-state index contributed by atoms with van der Waals surface area (Å²) >= 11 is 0. The van der Waals surface area contributed by atoms with Crippen LogP contribution in [0, 0.1) is 5.92 Å². The number of fused-ring (bicyclic) bond motifs is 2. The number of carbonyl (C=O) groups excluding carboxylic acids is 1. The number of phenolic OH excluding ortho intramolecular Hbond substituents is 4. The van der Waals surface area contributed by atoms with E-state index in [1.165, 1.54) is 19.2 Å². The minimum Gasteiger partial charge on any atom is -0.508 e. The van der Waals surface area contributed by atoms with Gasteiger partial charge in [0.15, 0.2) is 17.3 Å². The number of aryl methyl sites for hydroxylation is 1. The van der Waals surface area contributed by atoms with Crippen LogP contribution in [0.4, 0.5) is 0 Å². The van der Waals surface area contributed by atoms with Crippen LogP contribution in [0.1, 0.15) is 71.1 Å². The van der Waals surface area contributed by atoms with Crippen molar-refractivity contribution in [1.82, 2.24) is 0 Å². The lowest BCUT2D eigenvalue weighted by Crippen LogP contribution is -2.18. The van der Waals surface area contributed by atoms with Crippen LogP contribution < -0.4 is 14.2 Å². The van der Waals surface area contributed by atoms with Gasteiger partial charge < -0.3 is 34.6 Å². The van der Waals surface area contributed by atoms with Crippen LogP contribution in [0.15, 0.2) is 66.7 Å². The Morgan fingerprint density at radius 3 is 2.19 bits per heavy atom. The fraction of sp³-hybridized carbons (Fsp3) is 0.286. The summed E-state index contributed by atoms with van der Waals surface area (Å²) in [6.45, 7) is 4.18. The highest BCUT2D eigenvalue weighted by Crippen LogP contribution is 2.55. The molecule has 0 spiro atoms. The van der Waals surface area contributed by atoms with Crippen molar-refractivity contribution in [3.63, 3.8) is 0 Å². The summed E-state index contributed by atoms with van der Waals surface area (Å²) in [5.41, 5.74) is 3.09. The van der Waals surface area contributed by atoms with Gasteiger partial charge in [-0.25, -0.2) is 0 Å². The first-order chi connectivity index (χ1) is 20.6. The first-order valence-corrected chi connectivity index (χ1v) is 14.2. The molecule has 0 radical (unpaired) electrons. The summed E-state index contributed by atoms with van der Waals surface area (Å²) < 4.78 is 16.9. The molecule has 1 aliphatic heterocycles. The van der Waals surface area contributed by atoms with E-state index in [0.29, 0.717) is 35.5 Å². The van der Waals surface area contributed by atoms with E-state index in [2.05, 4.69) is 13.8 Å². The fourth-order valence-corrected chi connectivity index (χ4v) is 5.80. The van der Waals surface area contributed by atoms with Gasteiger partial charge in [0, 0.05) is 35.6 Å². The van der Waals surface area contributed by atoms with E-state index in [-0.39, 0.29) is 58.4 Å². The van der Waals surface area contributed by atoms with E-state index in [1.807, 2.05) is 36.4 Å². The fourth-order valence-electron chi connectivity index (χ4n) is 5.80. The maximum atomic E-state index is 13.6. The van der Waals surface area contributed by atoms with E-state index in [0.717, 1.165) is 16.9 Å². The van der Waals surface area contributed by atoms with Crippen LogP contribution in [0.25, 0.3) is 0 Å². The second-order valence-corrected chi connectivity index (χ2v) is 11.1. The van der Waals surface area contributed by atoms with Crippen LogP contribution in [-0.4, -0.2) is 40.4 Å². The number of benzene rings is 4. The summed E-state index contributed by atoms with van der Waals surface area (Å²) in [4.78, 5) is 13.6. The van der Waals surface area contributed by atoms with Gasteiger partial charge in [-0.2, -0.15) is 0 Å². The number of rotatable bonds is 10. The van der Waals surface area contributed by atoms with Gasteiger partial charge >= 0.3 is 0 Å². The third kappa shape index (κ3) is 5.91. The summed E-state index contributed by atoms with van der Waals surface area (Å²) in [7, 11) is 3.03. The number of ether oxygens (including phenoxy) is 3. The van der Waals surface area contributed by atoms with Crippen LogP contribution >= 0.6 is 0 Å². The van der Waals surface area contributed by atoms with Crippen molar-refractivity contribution >= 4 is 5.78 Å². The Labute approximate surface area is 250 Å². The molecule has 1 heterocycles. The van der Waals surface area contributed by atoms with Gasteiger partial charge in [-0.3, -0.25) is 4.79 Å². The number of hydrogen-bond donors (Lipinski definition) is 4. The summed E-state index contributed by atoms with van der Waals surface area (Å²) in [5, 5.41) is 42.2. The minimum atomic E-state index is -0.473. The summed E-state index contributed by atoms with van der Waals surface area (Å²) in [5.74, 6) is 0.283. The molecule has 0 unspecified atom stereocenters. The van der Waals surface area contributed by atoms with Gasteiger partial charge in [0.25, 0.3) is 0 Å². The Balaban J connectivity index is 1.53. The number of Topliss-reactive ketones (excluding diaryl/α,β-unsaturated/α-hetero) is 1. The first-order valence-electron chi connectivity index (χ1n) is 14.2. The maximum Gasteiger partial charge on any atom is 0.170 e. The summed E-state index contributed by atoms with van der Waals surface area (Å²) in [6, 6.07) is 18.9. The van der Waals surface area contributed by atoms with E-state index < -0.39 is 5.92 Å². The maximum absolute atomic E-state index is 13.6. The number of aromatic hydroxyl groups is 4. The zero-order valence-electron chi connectivity index (χ0n) is 24.6. The molecule has 0 amide bonds. The quantitative estimate of drug-likeness (QED) is 0.112. The molecule has 0 aromatic heterocycles. The predicted octanol–water partition coefficient (Wildman–Crippen LogP) is 7.41. The number of hydrogen-bond acceptors (Lipinski definition) is 8. The minimum absolute atomic E-state index is 0.0556. The molecule has 5 rings (SSSR count). The topological polar surface area (TPSA) is 126 Å². The SMILES string of the molecule is COc1ccc(CCC(=O)c2c(OC)cc3c(c2O)[C@H](C[C@H](C)[C@H](C)c2ccc(O)cc2)c2cc(O)c(O)cc2O3)cc1. The van der Waals surface area contributed by atoms with Gasteiger partial charge in [-0.1, -0.05) is 38.1 Å². The van der Waals surface area contributed by atoms with Gasteiger partial charge in [0.2, 0.25) is 0 Å². The highest BCUT2D eigenvalue weighted by molar-refractivity contribution is 6.02. The number of carbonyl (C=O) groups is 1. The van der Waals surface area contributed by atoms with Crippen molar-refractivity contribution in [1.29, 1.82) is 0 Å². The van der Waals surface area contributed by atoms with Gasteiger partial charge in [0.1, 0.15) is 40.1 Å². The monoisotopic (exact) mass is 584 g/mol. The lowest BCUT2D eigenvalue weighted by atomic mass is 9.76. The standard InChI is InChI=1S/C35H36O8/c1-19(20(2)22-8-10-23(36)11-9-22)15-26-25-16-28(38)29(39)17-30(25)43-32-18-31(42-4)34(35(40)33(26)32)27(37)14-7-21-5-12-24(41-3)13-6-21/h5-6,8-13,16-20,26,36,38-40H,7,14-15H2,1-4H3/t19-,20-,26+/m0/s1. The third-order valence-electron chi connectivity index (χ3n) is 8.50. The lowest BCUT2D eigenvalue weighted by Gasteiger charge is -2.33. The predicted molar refractivity (Wildman–Crippen MR) is 162 cm³/mol. The Hall–Kier alpha value is -4.85. The van der Waals surface area contributed by atoms with E-state index >= 15 is 0 Å². The molecule has 0 saturated carbocycles. The third-order valence-corrected chi connectivity index (χ3v) is 8.50. The summed E-state index contributed by atoms with van der Waals surface area (Å²) in [6.07, 6.45) is 1.12. The van der Waals surface area contributed by atoms with Crippen LogP contribution in [-0.2, 0) is 6.42 Å². The Morgan fingerprint density at radius 2 is 1.53 bits per heavy atom. The van der Waals surface area contributed by atoms with Gasteiger partial charge in [0.05, 0.1) is 14.2 Å². The van der Waals surface area contributed by atoms with E-state index in [9.17, 15) is 25.2 Å². The Kier molecular flexibility index (Phi) is 8.39. The smallest absolute Gasteiger partial charge is 0.170 e. The number of methoxy groups -OCH3 is 2. The van der Waals surface area contributed by atoms with Crippen molar-refractivity contribution in [3.05, 3.63) is 94.5 Å². The zero-order valence-corrected chi connectivity index (χ0v) is 24.6. The van der Waals surface area contributed by atoms with Crippen molar-refractivity contribution in [2.75, 3.05) is 14.2 Å². The highest BCUT2D eigenvalue weighted by atomic mass is 16.5. The lowest BCUT2D eigenvalue weighted by molar-refractivity contribution is 0.0976. The van der Waals surface area contributed by atoms with Crippen LogP contribution in [0.5, 0.6) is 46.0 Å². The molecule has 4 aromatic rings. The Bertz CT molecular complexity index is 1630. The molecular weight excluding hydrogens is 548 g/mol.